The van der Waals surface area contributed by atoms with Crippen LogP contribution in [-0.2, 0) is 11.2 Å². The summed E-state index contributed by atoms with van der Waals surface area (Å²) in [5, 5.41) is 3.16. The fourth-order valence-electron chi connectivity index (χ4n) is 1.73. The van der Waals surface area contributed by atoms with Gasteiger partial charge in [0, 0.05) is 23.4 Å². The van der Waals surface area contributed by atoms with Crippen molar-refractivity contribution < 1.29 is 9.18 Å². The zero-order valence-electron chi connectivity index (χ0n) is 10.1. The number of hydrogen-bond acceptors (Lipinski definition) is 2. The minimum Gasteiger partial charge on any atom is -0.314 e. The molecule has 1 N–H and O–H groups in total. The van der Waals surface area contributed by atoms with Crippen LogP contribution >= 0.6 is 15.9 Å². The largest absolute Gasteiger partial charge is 0.314 e. The van der Waals surface area contributed by atoms with E-state index in [9.17, 15) is 9.18 Å². The number of Topliss-reactive ketones (excluding diaryl/α,β-unsaturated/α-hetero) is 1. The molecule has 0 aliphatic rings. The van der Waals surface area contributed by atoms with Crippen LogP contribution in [0.25, 0.3) is 0 Å². The molecule has 0 amide bonds. The third-order valence-electron chi connectivity index (χ3n) is 2.48. The molecule has 0 heterocycles. The number of ketones is 1. The normalized spacial score (nSPS) is 12.5. The van der Waals surface area contributed by atoms with Crippen LogP contribution in [-0.4, -0.2) is 18.4 Å². The molecule has 1 rings (SSSR count). The summed E-state index contributed by atoms with van der Waals surface area (Å²) in [6.45, 7) is 4.79. The maximum atomic E-state index is 13.4. The van der Waals surface area contributed by atoms with Gasteiger partial charge in [-0.05, 0) is 37.2 Å². The van der Waals surface area contributed by atoms with Gasteiger partial charge >= 0.3 is 0 Å². The second-order valence-corrected chi connectivity index (χ2v) is 5.03. The van der Waals surface area contributed by atoms with Crippen LogP contribution < -0.4 is 5.32 Å². The zero-order chi connectivity index (χ0) is 12.8. The van der Waals surface area contributed by atoms with Gasteiger partial charge in [0.1, 0.15) is 11.6 Å². The van der Waals surface area contributed by atoms with Crippen molar-refractivity contribution in [1.82, 2.24) is 5.32 Å². The number of nitrogens with one attached hydrogen (secondary N) is 1. The zero-order valence-corrected chi connectivity index (χ0v) is 11.7. The van der Waals surface area contributed by atoms with Crippen LogP contribution in [0.4, 0.5) is 4.39 Å². The Hall–Kier alpha value is -0.740. The van der Waals surface area contributed by atoms with Crippen LogP contribution in [0.1, 0.15) is 25.8 Å². The smallest absolute Gasteiger partial charge is 0.138 e. The summed E-state index contributed by atoms with van der Waals surface area (Å²) in [5.41, 5.74) is 0.452. The first kappa shape index (κ1) is 14.3. The van der Waals surface area contributed by atoms with Crippen molar-refractivity contribution in [2.45, 2.75) is 32.7 Å². The van der Waals surface area contributed by atoms with Gasteiger partial charge in [0.05, 0.1) is 0 Å². The fourth-order valence-corrected chi connectivity index (χ4v) is 2.13. The van der Waals surface area contributed by atoms with E-state index >= 15 is 0 Å². The molecule has 1 aromatic rings. The number of rotatable bonds is 6. The van der Waals surface area contributed by atoms with Gasteiger partial charge in [-0.3, -0.25) is 4.79 Å². The SMILES string of the molecule is CCNC(C)CC(=O)Cc1cc(Br)ccc1F. The highest BCUT2D eigenvalue weighted by Crippen LogP contribution is 2.16. The van der Waals surface area contributed by atoms with Gasteiger partial charge in [-0.1, -0.05) is 22.9 Å². The van der Waals surface area contributed by atoms with Crippen LogP contribution in [0.2, 0.25) is 0 Å². The topological polar surface area (TPSA) is 29.1 Å². The van der Waals surface area contributed by atoms with Crippen molar-refractivity contribution >= 4 is 21.7 Å². The van der Waals surface area contributed by atoms with Gasteiger partial charge in [-0.25, -0.2) is 4.39 Å². The van der Waals surface area contributed by atoms with E-state index in [0.29, 0.717) is 12.0 Å². The average Bonchev–Trinajstić information content (AvgIpc) is 2.23. The Balaban J connectivity index is 2.58. The van der Waals surface area contributed by atoms with Crippen molar-refractivity contribution in [3.05, 3.63) is 34.1 Å². The standard InChI is InChI=1S/C13H17BrFNO/c1-3-16-9(2)6-12(17)8-10-7-11(14)4-5-13(10)15/h4-5,7,9,16H,3,6,8H2,1-2H3. The minimum absolute atomic E-state index is 0.0513. The van der Waals surface area contributed by atoms with Crippen molar-refractivity contribution in [2.24, 2.45) is 0 Å². The highest BCUT2D eigenvalue weighted by atomic mass is 79.9. The average molecular weight is 302 g/mol. The summed E-state index contributed by atoms with van der Waals surface area (Å²) in [4.78, 5) is 11.7. The Bertz CT molecular complexity index is 395. The molecule has 1 aromatic carbocycles. The maximum Gasteiger partial charge on any atom is 0.138 e. The van der Waals surface area contributed by atoms with E-state index in [2.05, 4.69) is 21.2 Å². The molecule has 0 saturated heterocycles. The van der Waals surface area contributed by atoms with Crippen molar-refractivity contribution in [1.29, 1.82) is 0 Å². The summed E-state index contributed by atoms with van der Waals surface area (Å²) < 4.78 is 14.2. The summed E-state index contributed by atoms with van der Waals surface area (Å²) >= 11 is 3.27. The van der Waals surface area contributed by atoms with E-state index in [4.69, 9.17) is 0 Å². The molecule has 94 valence electrons. The molecule has 0 fully saturated rings. The van der Waals surface area contributed by atoms with Gasteiger partial charge in [0.15, 0.2) is 0 Å². The number of hydrogen-bond donors (Lipinski definition) is 1. The molecule has 0 aromatic heterocycles. The lowest BCUT2D eigenvalue weighted by molar-refractivity contribution is -0.118. The second-order valence-electron chi connectivity index (χ2n) is 4.11. The lowest BCUT2D eigenvalue weighted by atomic mass is 10.0. The molecule has 0 aliphatic carbocycles. The maximum absolute atomic E-state index is 13.4. The molecule has 0 saturated carbocycles. The first-order valence-electron chi connectivity index (χ1n) is 5.72. The molecule has 0 spiro atoms. The molecule has 0 radical (unpaired) electrons. The lowest BCUT2D eigenvalue weighted by Crippen LogP contribution is -2.28. The van der Waals surface area contributed by atoms with Gasteiger partial charge in [0.25, 0.3) is 0 Å². The van der Waals surface area contributed by atoms with Crippen LogP contribution in [0.3, 0.4) is 0 Å². The first-order valence-corrected chi connectivity index (χ1v) is 6.51. The van der Waals surface area contributed by atoms with E-state index in [-0.39, 0.29) is 24.1 Å². The summed E-state index contributed by atoms with van der Waals surface area (Å²) in [6, 6.07) is 4.80. The monoisotopic (exact) mass is 301 g/mol. The number of benzene rings is 1. The molecule has 1 unspecified atom stereocenters. The van der Waals surface area contributed by atoms with Crippen LogP contribution in [0.15, 0.2) is 22.7 Å². The van der Waals surface area contributed by atoms with E-state index in [1.807, 2.05) is 13.8 Å². The Morgan fingerprint density at radius 3 is 2.88 bits per heavy atom. The molecule has 0 aliphatic heterocycles. The molecule has 17 heavy (non-hydrogen) atoms. The van der Waals surface area contributed by atoms with Crippen LogP contribution in [0.5, 0.6) is 0 Å². The quantitative estimate of drug-likeness (QED) is 0.875. The predicted molar refractivity (Wildman–Crippen MR) is 70.6 cm³/mol. The third kappa shape index (κ3) is 4.96. The molecule has 4 heteroatoms. The third-order valence-corrected chi connectivity index (χ3v) is 2.98. The Morgan fingerprint density at radius 1 is 1.53 bits per heavy atom. The highest BCUT2D eigenvalue weighted by Gasteiger charge is 2.11. The summed E-state index contributed by atoms with van der Waals surface area (Å²) in [5.74, 6) is -0.270. The number of halogens is 2. The second kappa shape index (κ2) is 6.87. The Morgan fingerprint density at radius 2 is 2.24 bits per heavy atom. The van der Waals surface area contributed by atoms with Crippen LogP contribution in [0, 0.1) is 5.82 Å². The summed E-state index contributed by atoms with van der Waals surface area (Å²) in [7, 11) is 0. The Labute approximate surface area is 110 Å². The van der Waals surface area contributed by atoms with E-state index < -0.39 is 0 Å². The molecule has 2 nitrogen and oxygen atoms in total. The van der Waals surface area contributed by atoms with E-state index in [0.717, 1.165) is 11.0 Å². The fraction of sp³-hybridized carbons (Fsp3) is 0.462. The molecule has 0 bridgehead atoms. The molecular formula is C13H17BrFNO. The van der Waals surface area contributed by atoms with Gasteiger partial charge in [-0.2, -0.15) is 0 Å². The number of carbonyl (C=O) groups excluding carboxylic acids is 1. The van der Waals surface area contributed by atoms with Crippen molar-refractivity contribution in [2.75, 3.05) is 6.54 Å². The van der Waals surface area contributed by atoms with Gasteiger partial charge < -0.3 is 5.32 Å². The van der Waals surface area contributed by atoms with Gasteiger partial charge in [0.2, 0.25) is 0 Å². The Kier molecular flexibility index (Phi) is 5.78. The molecular weight excluding hydrogens is 285 g/mol. The first-order chi connectivity index (χ1) is 8.02. The highest BCUT2D eigenvalue weighted by molar-refractivity contribution is 9.10. The predicted octanol–water partition coefficient (Wildman–Crippen LogP) is 3.09. The van der Waals surface area contributed by atoms with Crippen molar-refractivity contribution in [3.8, 4) is 0 Å². The number of carbonyl (C=O) groups is 1. The van der Waals surface area contributed by atoms with Crippen molar-refractivity contribution in [3.63, 3.8) is 0 Å². The van der Waals surface area contributed by atoms with Gasteiger partial charge in [-0.15, -0.1) is 0 Å². The minimum atomic E-state index is -0.322. The summed E-state index contributed by atoms with van der Waals surface area (Å²) in [6.07, 6.45) is 0.584. The molecule has 1 atom stereocenters. The van der Waals surface area contributed by atoms with E-state index in [1.54, 1.807) is 12.1 Å². The lowest BCUT2D eigenvalue weighted by Gasteiger charge is -2.11. The van der Waals surface area contributed by atoms with E-state index in [1.165, 1.54) is 6.07 Å².